The Balaban J connectivity index is 1.65. The number of alkyl halides is 3. The van der Waals surface area contributed by atoms with Crippen LogP contribution >= 0.6 is 0 Å². The van der Waals surface area contributed by atoms with E-state index in [2.05, 4.69) is 0 Å². The SMILES string of the molecule is COc1ccc(C)cc1C(=O)N1CCN(C(=O)c2ccc(C(F)(F)F)cc2)CC1. The van der Waals surface area contributed by atoms with Crippen molar-refractivity contribution in [2.45, 2.75) is 13.1 Å². The molecule has 3 rings (SSSR count). The quantitative estimate of drug-likeness (QED) is 0.782. The molecule has 154 valence electrons. The van der Waals surface area contributed by atoms with Crippen molar-refractivity contribution in [3.8, 4) is 5.75 Å². The molecule has 1 saturated heterocycles. The molecule has 1 fully saturated rings. The van der Waals surface area contributed by atoms with Crippen molar-refractivity contribution in [3.63, 3.8) is 0 Å². The van der Waals surface area contributed by atoms with Gasteiger partial charge in [-0.3, -0.25) is 9.59 Å². The minimum Gasteiger partial charge on any atom is -0.496 e. The molecule has 5 nitrogen and oxygen atoms in total. The van der Waals surface area contributed by atoms with Gasteiger partial charge in [0.25, 0.3) is 11.8 Å². The Bertz CT molecular complexity index is 902. The highest BCUT2D eigenvalue weighted by Gasteiger charge is 2.31. The molecule has 1 aliphatic heterocycles. The molecule has 0 N–H and O–H groups in total. The van der Waals surface area contributed by atoms with Crippen molar-refractivity contribution in [3.05, 3.63) is 64.7 Å². The number of nitrogens with zero attached hydrogens (tertiary/aromatic N) is 2. The third-order valence-electron chi connectivity index (χ3n) is 4.90. The lowest BCUT2D eigenvalue weighted by Gasteiger charge is -2.35. The Morgan fingerprint density at radius 2 is 1.45 bits per heavy atom. The van der Waals surface area contributed by atoms with Crippen molar-refractivity contribution >= 4 is 11.8 Å². The number of carbonyl (C=O) groups is 2. The van der Waals surface area contributed by atoms with Crippen LogP contribution in [-0.2, 0) is 6.18 Å². The second-order valence-corrected chi connectivity index (χ2v) is 6.86. The summed E-state index contributed by atoms with van der Waals surface area (Å²) in [6.07, 6.45) is -4.44. The van der Waals surface area contributed by atoms with Crippen LogP contribution in [0.25, 0.3) is 0 Å². The number of rotatable bonds is 3. The molecule has 29 heavy (non-hydrogen) atoms. The first-order chi connectivity index (χ1) is 13.7. The summed E-state index contributed by atoms with van der Waals surface area (Å²) in [4.78, 5) is 28.6. The van der Waals surface area contributed by atoms with Crippen LogP contribution < -0.4 is 4.74 Å². The Morgan fingerprint density at radius 1 is 0.897 bits per heavy atom. The van der Waals surface area contributed by atoms with E-state index in [1.54, 1.807) is 21.9 Å². The fourth-order valence-corrected chi connectivity index (χ4v) is 3.26. The number of ether oxygens (including phenoxy) is 1. The standard InChI is InChI=1S/C21H21F3N2O3/c1-14-3-8-18(29-2)17(13-14)20(28)26-11-9-25(10-12-26)19(27)15-4-6-16(7-5-15)21(22,23)24/h3-8,13H,9-12H2,1-2H3. The zero-order valence-corrected chi connectivity index (χ0v) is 16.1. The van der Waals surface area contributed by atoms with Crippen LogP contribution in [0, 0.1) is 6.92 Å². The van der Waals surface area contributed by atoms with Gasteiger partial charge in [-0.25, -0.2) is 0 Å². The van der Waals surface area contributed by atoms with Crippen LogP contribution in [0.1, 0.15) is 31.8 Å². The fourth-order valence-electron chi connectivity index (χ4n) is 3.26. The number of hydrogen-bond donors (Lipinski definition) is 0. The number of benzene rings is 2. The van der Waals surface area contributed by atoms with E-state index < -0.39 is 11.7 Å². The maximum absolute atomic E-state index is 12.8. The monoisotopic (exact) mass is 406 g/mol. The summed E-state index contributed by atoms with van der Waals surface area (Å²) in [5, 5.41) is 0. The van der Waals surface area contributed by atoms with Gasteiger partial charge in [-0.05, 0) is 43.3 Å². The molecular weight excluding hydrogens is 385 g/mol. The predicted octanol–water partition coefficient (Wildman–Crippen LogP) is 3.62. The fraction of sp³-hybridized carbons (Fsp3) is 0.333. The zero-order valence-electron chi connectivity index (χ0n) is 16.1. The van der Waals surface area contributed by atoms with E-state index in [0.29, 0.717) is 37.5 Å². The van der Waals surface area contributed by atoms with Crippen molar-refractivity contribution < 1.29 is 27.5 Å². The number of aryl methyl sites for hydroxylation is 1. The van der Waals surface area contributed by atoms with Crippen molar-refractivity contribution in [2.75, 3.05) is 33.3 Å². The van der Waals surface area contributed by atoms with Gasteiger partial charge in [0.1, 0.15) is 5.75 Å². The van der Waals surface area contributed by atoms with Crippen LogP contribution in [0.15, 0.2) is 42.5 Å². The van der Waals surface area contributed by atoms with Crippen LogP contribution in [0.3, 0.4) is 0 Å². The smallest absolute Gasteiger partial charge is 0.416 e. The number of carbonyl (C=O) groups excluding carboxylic acids is 2. The largest absolute Gasteiger partial charge is 0.496 e. The third kappa shape index (κ3) is 4.52. The van der Waals surface area contributed by atoms with Gasteiger partial charge in [-0.15, -0.1) is 0 Å². The van der Waals surface area contributed by atoms with Crippen molar-refractivity contribution in [1.82, 2.24) is 9.80 Å². The highest BCUT2D eigenvalue weighted by molar-refractivity contribution is 5.98. The van der Waals surface area contributed by atoms with Gasteiger partial charge in [-0.1, -0.05) is 11.6 Å². The molecule has 2 aromatic carbocycles. The second kappa shape index (κ2) is 8.14. The molecule has 0 unspecified atom stereocenters. The molecule has 0 saturated carbocycles. The molecule has 0 aromatic heterocycles. The van der Waals surface area contributed by atoms with E-state index in [9.17, 15) is 22.8 Å². The number of halogens is 3. The second-order valence-electron chi connectivity index (χ2n) is 6.86. The number of hydrogen-bond acceptors (Lipinski definition) is 3. The minimum atomic E-state index is -4.44. The average molecular weight is 406 g/mol. The Labute approximate surface area is 166 Å². The third-order valence-corrected chi connectivity index (χ3v) is 4.90. The summed E-state index contributed by atoms with van der Waals surface area (Å²) < 4.78 is 43.3. The lowest BCUT2D eigenvalue weighted by atomic mass is 10.1. The Morgan fingerprint density at radius 3 is 1.97 bits per heavy atom. The first kappa shape index (κ1) is 20.7. The van der Waals surface area contributed by atoms with Crippen molar-refractivity contribution in [2.24, 2.45) is 0 Å². The van der Waals surface area contributed by atoms with Crippen molar-refractivity contribution in [1.29, 1.82) is 0 Å². The molecule has 0 spiro atoms. The molecule has 2 aromatic rings. The maximum Gasteiger partial charge on any atom is 0.416 e. The summed E-state index contributed by atoms with van der Waals surface area (Å²) in [6.45, 7) is 3.17. The first-order valence-corrected chi connectivity index (χ1v) is 9.11. The molecule has 2 amide bonds. The zero-order chi connectivity index (χ0) is 21.2. The lowest BCUT2D eigenvalue weighted by Crippen LogP contribution is -2.50. The summed E-state index contributed by atoms with van der Waals surface area (Å²) >= 11 is 0. The van der Waals surface area contributed by atoms with E-state index in [-0.39, 0.29) is 17.4 Å². The van der Waals surface area contributed by atoms with Crippen LogP contribution in [0.4, 0.5) is 13.2 Å². The van der Waals surface area contributed by atoms with E-state index in [4.69, 9.17) is 4.74 Å². The van der Waals surface area contributed by atoms with E-state index >= 15 is 0 Å². The van der Waals surface area contributed by atoms with Crippen LogP contribution in [0.5, 0.6) is 5.75 Å². The molecule has 0 atom stereocenters. The number of methoxy groups -OCH3 is 1. The first-order valence-electron chi connectivity index (χ1n) is 9.11. The predicted molar refractivity (Wildman–Crippen MR) is 101 cm³/mol. The van der Waals surface area contributed by atoms with Gasteiger partial charge < -0.3 is 14.5 Å². The van der Waals surface area contributed by atoms with E-state index in [1.165, 1.54) is 19.2 Å². The summed E-state index contributed by atoms with van der Waals surface area (Å²) in [6, 6.07) is 9.53. The van der Waals surface area contributed by atoms with Gasteiger partial charge in [0.2, 0.25) is 0 Å². The topological polar surface area (TPSA) is 49.9 Å². The molecule has 0 bridgehead atoms. The van der Waals surface area contributed by atoms with Gasteiger partial charge >= 0.3 is 6.18 Å². The number of piperazine rings is 1. The number of amides is 2. The lowest BCUT2D eigenvalue weighted by molar-refractivity contribution is -0.137. The molecule has 1 heterocycles. The highest BCUT2D eigenvalue weighted by Crippen LogP contribution is 2.29. The highest BCUT2D eigenvalue weighted by atomic mass is 19.4. The molecule has 1 aliphatic rings. The van der Waals surface area contributed by atoms with Gasteiger partial charge in [0.05, 0.1) is 18.2 Å². The van der Waals surface area contributed by atoms with Gasteiger partial charge in [0, 0.05) is 31.7 Å². The summed E-state index contributed by atoms with van der Waals surface area (Å²) in [5.41, 5.74) is 0.801. The Hall–Kier alpha value is -3.03. The molecule has 0 radical (unpaired) electrons. The average Bonchev–Trinajstić information content (AvgIpc) is 2.72. The molecular formula is C21H21F3N2O3. The van der Waals surface area contributed by atoms with E-state index in [0.717, 1.165) is 17.7 Å². The molecule has 0 aliphatic carbocycles. The van der Waals surface area contributed by atoms with Gasteiger partial charge in [-0.2, -0.15) is 13.2 Å². The summed E-state index contributed by atoms with van der Waals surface area (Å²) in [7, 11) is 1.50. The van der Waals surface area contributed by atoms with Gasteiger partial charge in [0.15, 0.2) is 0 Å². The van der Waals surface area contributed by atoms with Crippen LogP contribution in [0.2, 0.25) is 0 Å². The summed E-state index contributed by atoms with van der Waals surface area (Å²) in [5.74, 6) is -0.0324. The minimum absolute atomic E-state index is 0.174. The maximum atomic E-state index is 12.8. The van der Waals surface area contributed by atoms with E-state index in [1.807, 2.05) is 13.0 Å². The molecule has 8 heteroatoms. The Kier molecular flexibility index (Phi) is 5.81. The van der Waals surface area contributed by atoms with Crippen LogP contribution in [-0.4, -0.2) is 54.9 Å². The normalized spacial score (nSPS) is 14.7.